The summed E-state index contributed by atoms with van der Waals surface area (Å²) in [4.78, 5) is 24.3. The fourth-order valence-electron chi connectivity index (χ4n) is 2.75. The van der Waals surface area contributed by atoms with Crippen LogP contribution in [0.15, 0.2) is 36.4 Å². The van der Waals surface area contributed by atoms with E-state index in [1.54, 1.807) is 30.3 Å². The number of aromatic nitrogens is 2. The summed E-state index contributed by atoms with van der Waals surface area (Å²) in [6.45, 7) is 4.50. The van der Waals surface area contributed by atoms with Crippen molar-refractivity contribution in [1.29, 1.82) is 0 Å². The fraction of sp³-hybridized carbons (Fsp3) is 0.368. The van der Waals surface area contributed by atoms with Crippen molar-refractivity contribution in [2.24, 2.45) is 0 Å². The predicted octanol–water partition coefficient (Wildman–Crippen LogP) is 1.94. The van der Waals surface area contributed by atoms with Crippen molar-refractivity contribution in [3.63, 3.8) is 0 Å². The third kappa shape index (κ3) is 4.36. The van der Waals surface area contributed by atoms with Crippen molar-refractivity contribution in [2.45, 2.75) is 38.8 Å². The molecule has 136 valence electrons. The zero-order valence-corrected chi connectivity index (χ0v) is 14.9. The van der Waals surface area contributed by atoms with Gasteiger partial charge in [0.25, 0.3) is 5.91 Å². The van der Waals surface area contributed by atoms with E-state index in [0.717, 1.165) is 12.0 Å². The number of amides is 2. The molecule has 0 aliphatic carbocycles. The molecule has 0 spiro atoms. The number of nitrogens with one attached hydrogen (secondary N) is 2. The molecule has 1 aliphatic rings. The van der Waals surface area contributed by atoms with Gasteiger partial charge in [0.2, 0.25) is 11.8 Å². The monoisotopic (exact) mass is 354 g/mol. The van der Waals surface area contributed by atoms with Gasteiger partial charge in [0.05, 0.1) is 11.8 Å². The van der Waals surface area contributed by atoms with Gasteiger partial charge in [0.1, 0.15) is 6.04 Å². The SMILES string of the molecule is CC(C)Oc1ccc(-c2cccc(C(=O)N[C@H]3CCCNC3=O)c2)nn1. The Balaban J connectivity index is 1.73. The zero-order chi connectivity index (χ0) is 18.5. The van der Waals surface area contributed by atoms with E-state index in [1.807, 2.05) is 19.9 Å². The Morgan fingerprint density at radius 1 is 1.27 bits per heavy atom. The van der Waals surface area contributed by atoms with Crippen molar-refractivity contribution in [1.82, 2.24) is 20.8 Å². The van der Waals surface area contributed by atoms with Crippen LogP contribution in [0.4, 0.5) is 0 Å². The highest BCUT2D eigenvalue weighted by Gasteiger charge is 2.24. The van der Waals surface area contributed by atoms with E-state index in [9.17, 15) is 9.59 Å². The van der Waals surface area contributed by atoms with Crippen LogP contribution < -0.4 is 15.4 Å². The van der Waals surface area contributed by atoms with Crippen molar-refractivity contribution in [3.05, 3.63) is 42.0 Å². The maximum atomic E-state index is 12.5. The van der Waals surface area contributed by atoms with Crippen molar-refractivity contribution >= 4 is 11.8 Å². The lowest BCUT2D eigenvalue weighted by atomic mass is 10.0. The average Bonchev–Trinajstić information content (AvgIpc) is 2.64. The third-order valence-corrected chi connectivity index (χ3v) is 4.01. The van der Waals surface area contributed by atoms with Gasteiger partial charge in [-0.2, -0.15) is 0 Å². The Bertz CT molecular complexity index is 790. The summed E-state index contributed by atoms with van der Waals surface area (Å²) < 4.78 is 5.49. The van der Waals surface area contributed by atoms with E-state index < -0.39 is 6.04 Å². The number of hydrogen-bond acceptors (Lipinski definition) is 5. The van der Waals surface area contributed by atoms with Crippen LogP contribution >= 0.6 is 0 Å². The molecule has 0 unspecified atom stereocenters. The number of carbonyl (C=O) groups excluding carboxylic acids is 2. The van der Waals surface area contributed by atoms with Gasteiger partial charge in [0.15, 0.2) is 0 Å². The molecule has 0 saturated carbocycles. The first-order valence-corrected chi connectivity index (χ1v) is 8.72. The Morgan fingerprint density at radius 3 is 2.81 bits per heavy atom. The van der Waals surface area contributed by atoms with E-state index in [4.69, 9.17) is 4.74 Å². The third-order valence-electron chi connectivity index (χ3n) is 4.01. The fourth-order valence-corrected chi connectivity index (χ4v) is 2.75. The molecule has 2 amide bonds. The molecule has 2 N–H and O–H groups in total. The second-order valence-electron chi connectivity index (χ2n) is 6.46. The normalized spacial score (nSPS) is 16.9. The molecule has 2 aromatic rings. The summed E-state index contributed by atoms with van der Waals surface area (Å²) >= 11 is 0. The van der Waals surface area contributed by atoms with E-state index in [1.165, 1.54) is 0 Å². The highest BCUT2D eigenvalue weighted by molar-refractivity contribution is 5.98. The second kappa shape index (κ2) is 7.95. The minimum atomic E-state index is -0.479. The van der Waals surface area contributed by atoms with Crippen LogP contribution in [0.25, 0.3) is 11.3 Å². The lowest BCUT2D eigenvalue weighted by Crippen LogP contribution is -2.50. The standard InChI is InChI=1S/C19H22N4O3/c1-12(2)26-17-9-8-15(22-23-17)13-5-3-6-14(11-13)18(24)21-16-7-4-10-20-19(16)25/h3,5-6,8-9,11-12,16H,4,7,10H2,1-2H3,(H,20,25)(H,21,24)/t16-/m0/s1. The molecule has 26 heavy (non-hydrogen) atoms. The van der Waals surface area contributed by atoms with Gasteiger partial charge < -0.3 is 15.4 Å². The van der Waals surface area contributed by atoms with Gasteiger partial charge in [-0.25, -0.2) is 0 Å². The topological polar surface area (TPSA) is 93.2 Å². The maximum Gasteiger partial charge on any atom is 0.251 e. The molecule has 1 aromatic carbocycles. The van der Waals surface area contributed by atoms with Crippen molar-refractivity contribution < 1.29 is 14.3 Å². The Labute approximate surface area is 152 Å². The van der Waals surface area contributed by atoms with Crippen LogP contribution in [0, 0.1) is 0 Å². The lowest BCUT2D eigenvalue weighted by molar-refractivity contribution is -0.124. The molecule has 1 atom stereocenters. The summed E-state index contributed by atoms with van der Waals surface area (Å²) in [6.07, 6.45) is 1.54. The molecule has 2 heterocycles. The van der Waals surface area contributed by atoms with E-state index in [-0.39, 0.29) is 17.9 Å². The molecule has 7 nitrogen and oxygen atoms in total. The number of nitrogens with zero attached hydrogens (tertiary/aromatic N) is 2. The number of benzene rings is 1. The second-order valence-corrected chi connectivity index (χ2v) is 6.46. The van der Waals surface area contributed by atoms with E-state index in [0.29, 0.717) is 30.1 Å². The van der Waals surface area contributed by atoms with Crippen LogP contribution in [-0.4, -0.2) is 40.7 Å². The molecule has 1 fully saturated rings. The summed E-state index contributed by atoms with van der Waals surface area (Å²) in [6, 6.07) is 10.2. The van der Waals surface area contributed by atoms with Crippen LogP contribution in [0.3, 0.4) is 0 Å². The highest BCUT2D eigenvalue weighted by Crippen LogP contribution is 2.20. The number of piperidine rings is 1. The van der Waals surface area contributed by atoms with E-state index >= 15 is 0 Å². The number of ether oxygens (including phenoxy) is 1. The molecular weight excluding hydrogens is 332 g/mol. The van der Waals surface area contributed by atoms with Gasteiger partial charge in [0, 0.05) is 23.7 Å². The van der Waals surface area contributed by atoms with Crippen LogP contribution in [-0.2, 0) is 4.79 Å². The van der Waals surface area contributed by atoms with Gasteiger partial charge in [-0.1, -0.05) is 12.1 Å². The van der Waals surface area contributed by atoms with Gasteiger partial charge >= 0.3 is 0 Å². The summed E-state index contributed by atoms with van der Waals surface area (Å²) in [5.74, 6) is 0.0509. The summed E-state index contributed by atoms with van der Waals surface area (Å²) in [5.41, 5.74) is 1.89. The van der Waals surface area contributed by atoms with Crippen LogP contribution in [0.2, 0.25) is 0 Å². The minimum absolute atomic E-state index is 0.0270. The Kier molecular flexibility index (Phi) is 5.46. The van der Waals surface area contributed by atoms with Crippen LogP contribution in [0.5, 0.6) is 5.88 Å². The molecule has 0 bridgehead atoms. The number of rotatable bonds is 5. The maximum absolute atomic E-state index is 12.5. The van der Waals surface area contributed by atoms with Gasteiger partial charge in [-0.3, -0.25) is 9.59 Å². The smallest absolute Gasteiger partial charge is 0.251 e. The molecule has 7 heteroatoms. The molecule has 1 aliphatic heterocycles. The zero-order valence-electron chi connectivity index (χ0n) is 14.9. The van der Waals surface area contributed by atoms with Gasteiger partial charge in [-0.15, -0.1) is 10.2 Å². The summed E-state index contributed by atoms with van der Waals surface area (Å²) in [7, 11) is 0. The summed E-state index contributed by atoms with van der Waals surface area (Å²) in [5, 5.41) is 13.8. The molecule has 3 rings (SSSR count). The highest BCUT2D eigenvalue weighted by atomic mass is 16.5. The molecule has 1 aromatic heterocycles. The predicted molar refractivity (Wildman–Crippen MR) is 96.7 cm³/mol. The van der Waals surface area contributed by atoms with Crippen molar-refractivity contribution in [2.75, 3.05) is 6.54 Å². The molecule has 1 saturated heterocycles. The Hall–Kier alpha value is -2.96. The average molecular weight is 354 g/mol. The first kappa shape index (κ1) is 17.8. The first-order valence-electron chi connectivity index (χ1n) is 8.72. The minimum Gasteiger partial charge on any atom is -0.474 e. The number of carbonyl (C=O) groups is 2. The van der Waals surface area contributed by atoms with Crippen LogP contribution in [0.1, 0.15) is 37.0 Å². The van der Waals surface area contributed by atoms with Gasteiger partial charge in [-0.05, 0) is 44.9 Å². The molecular formula is C19H22N4O3. The number of hydrogen-bond donors (Lipinski definition) is 2. The van der Waals surface area contributed by atoms with Crippen molar-refractivity contribution in [3.8, 4) is 17.1 Å². The lowest BCUT2D eigenvalue weighted by Gasteiger charge is -2.22. The molecule has 0 radical (unpaired) electrons. The van der Waals surface area contributed by atoms with E-state index in [2.05, 4.69) is 20.8 Å². The first-order chi connectivity index (χ1) is 12.5. The quantitative estimate of drug-likeness (QED) is 0.856. The Morgan fingerprint density at radius 2 is 2.12 bits per heavy atom. The largest absolute Gasteiger partial charge is 0.474 e.